The topological polar surface area (TPSA) is 68.5 Å². The van der Waals surface area contributed by atoms with Gasteiger partial charge < -0.3 is 14.2 Å². The minimum atomic E-state index is 0.00750. The summed E-state index contributed by atoms with van der Waals surface area (Å²) in [5.41, 5.74) is 1.98. The molecule has 0 bridgehead atoms. The fourth-order valence-electron chi connectivity index (χ4n) is 3.51. The Balaban J connectivity index is 1.58. The zero-order valence-electron chi connectivity index (χ0n) is 18.2. The van der Waals surface area contributed by atoms with E-state index in [-0.39, 0.29) is 11.9 Å². The number of carbonyl (C=O) groups excluding carboxylic acids is 1. The highest BCUT2D eigenvalue weighted by atomic mass is 79.9. The van der Waals surface area contributed by atoms with Crippen LogP contribution in [0.2, 0.25) is 0 Å². The van der Waals surface area contributed by atoms with Crippen LogP contribution in [0.5, 0.6) is 5.75 Å². The number of hydrogen-bond acceptors (Lipinski definition) is 5. The molecular weight excluding hydrogens is 458 g/mol. The van der Waals surface area contributed by atoms with E-state index >= 15 is 0 Å². The van der Waals surface area contributed by atoms with Crippen LogP contribution in [0.25, 0.3) is 11.4 Å². The maximum Gasteiger partial charge on any atom is 0.226 e. The van der Waals surface area contributed by atoms with E-state index in [4.69, 9.17) is 9.26 Å². The van der Waals surface area contributed by atoms with Crippen LogP contribution in [0, 0.1) is 0 Å². The van der Waals surface area contributed by atoms with Gasteiger partial charge in [0.05, 0.1) is 13.2 Å². The third-order valence-electron chi connectivity index (χ3n) is 5.21. The summed E-state index contributed by atoms with van der Waals surface area (Å²) < 4.78 is 11.6. The van der Waals surface area contributed by atoms with Gasteiger partial charge in [-0.1, -0.05) is 46.2 Å². The summed E-state index contributed by atoms with van der Waals surface area (Å²) in [6.45, 7) is 4.89. The molecule has 0 fully saturated rings. The number of aromatic nitrogens is 2. The van der Waals surface area contributed by atoms with Crippen LogP contribution in [-0.2, 0) is 11.2 Å². The molecule has 3 aromatic rings. The lowest BCUT2D eigenvalue weighted by Gasteiger charge is -2.30. The normalized spacial score (nSPS) is 11.9. The highest BCUT2D eigenvalue weighted by Gasteiger charge is 2.22. The van der Waals surface area contributed by atoms with E-state index in [1.54, 1.807) is 7.11 Å². The fraction of sp³-hybridized carbons (Fsp3) is 0.375. The molecule has 0 aliphatic carbocycles. The van der Waals surface area contributed by atoms with E-state index in [0.717, 1.165) is 34.3 Å². The third-order valence-corrected chi connectivity index (χ3v) is 5.93. The number of carbonyl (C=O) groups is 1. The Bertz CT molecular complexity index is 988. The lowest BCUT2D eigenvalue weighted by Crippen LogP contribution is -2.34. The van der Waals surface area contributed by atoms with Crippen molar-refractivity contribution in [2.24, 2.45) is 0 Å². The molecule has 6 nitrogen and oxygen atoms in total. The summed E-state index contributed by atoms with van der Waals surface area (Å²) in [6, 6.07) is 15.6. The molecular formula is C24H28BrN3O3. The van der Waals surface area contributed by atoms with E-state index in [9.17, 15) is 4.79 Å². The fourth-order valence-corrected chi connectivity index (χ4v) is 4.12. The molecule has 0 radical (unpaired) electrons. The molecule has 0 saturated carbocycles. The lowest BCUT2D eigenvalue weighted by atomic mass is 10.1. The zero-order valence-corrected chi connectivity index (χ0v) is 19.8. The molecule has 0 aliphatic heterocycles. The van der Waals surface area contributed by atoms with Gasteiger partial charge in [-0.2, -0.15) is 4.98 Å². The summed E-state index contributed by atoms with van der Waals surface area (Å²) in [6.07, 6.45) is 2.58. The maximum atomic E-state index is 13.0. The highest BCUT2D eigenvalue weighted by Crippen LogP contribution is 2.28. The second kappa shape index (κ2) is 11.1. The molecule has 1 atom stereocenters. The molecule has 0 aliphatic rings. The van der Waals surface area contributed by atoms with Crippen molar-refractivity contribution >= 4 is 21.8 Å². The molecule has 2 aromatic carbocycles. The first-order valence-corrected chi connectivity index (χ1v) is 11.3. The van der Waals surface area contributed by atoms with Crippen molar-refractivity contribution in [1.82, 2.24) is 15.0 Å². The number of aryl methyl sites for hydroxylation is 1. The monoisotopic (exact) mass is 485 g/mol. The second-order valence-corrected chi connectivity index (χ2v) is 8.23. The Labute approximate surface area is 191 Å². The van der Waals surface area contributed by atoms with Gasteiger partial charge in [-0.25, -0.2) is 0 Å². The van der Waals surface area contributed by atoms with Gasteiger partial charge in [0.1, 0.15) is 5.75 Å². The number of nitrogens with zero attached hydrogens (tertiary/aromatic N) is 3. The smallest absolute Gasteiger partial charge is 0.226 e. The minimum absolute atomic E-state index is 0.00750. The summed E-state index contributed by atoms with van der Waals surface area (Å²) in [4.78, 5) is 19.4. The van der Waals surface area contributed by atoms with Crippen LogP contribution in [0.4, 0.5) is 0 Å². The van der Waals surface area contributed by atoms with Gasteiger partial charge in [-0.15, -0.1) is 0 Å². The lowest BCUT2D eigenvalue weighted by molar-refractivity contribution is -0.133. The summed E-state index contributed by atoms with van der Waals surface area (Å²) in [5.74, 6) is 2.00. The van der Waals surface area contributed by atoms with Gasteiger partial charge in [0.2, 0.25) is 17.6 Å². The minimum Gasteiger partial charge on any atom is -0.497 e. The average Bonchev–Trinajstić information content (AvgIpc) is 3.26. The van der Waals surface area contributed by atoms with Gasteiger partial charge in [-0.05, 0) is 55.7 Å². The van der Waals surface area contributed by atoms with Crippen molar-refractivity contribution in [3.8, 4) is 17.1 Å². The van der Waals surface area contributed by atoms with Gasteiger partial charge >= 0.3 is 0 Å². The first kappa shape index (κ1) is 23.0. The number of hydrogen-bond donors (Lipinski definition) is 0. The zero-order chi connectivity index (χ0) is 22.2. The molecule has 0 N–H and O–H groups in total. The largest absolute Gasteiger partial charge is 0.497 e. The van der Waals surface area contributed by atoms with Gasteiger partial charge in [-0.3, -0.25) is 4.79 Å². The Kier molecular flexibility index (Phi) is 8.23. The predicted molar refractivity (Wildman–Crippen MR) is 124 cm³/mol. The van der Waals surface area contributed by atoms with Crippen molar-refractivity contribution < 1.29 is 14.1 Å². The van der Waals surface area contributed by atoms with Crippen LogP contribution in [0.15, 0.2) is 57.5 Å². The Morgan fingerprint density at radius 3 is 2.61 bits per heavy atom. The van der Waals surface area contributed by atoms with Crippen molar-refractivity contribution in [1.29, 1.82) is 0 Å². The van der Waals surface area contributed by atoms with Crippen molar-refractivity contribution in [3.63, 3.8) is 0 Å². The third kappa shape index (κ3) is 5.94. The summed E-state index contributed by atoms with van der Waals surface area (Å²) in [5, 5.41) is 4.05. The van der Waals surface area contributed by atoms with E-state index < -0.39 is 0 Å². The van der Waals surface area contributed by atoms with Crippen LogP contribution >= 0.6 is 15.9 Å². The molecule has 3 rings (SSSR count). The summed E-state index contributed by atoms with van der Waals surface area (Å²) in [7, 11) is 1.63. The molecule has 7 heteroatoms. The maximum absolute atomic E-state index is 13.0. The number of methoxy groups -OCH3 is 1. The number of amides is 1. The predicted octanol–water partition coefficient (Wildman–Crippen LogP) is 5.83. The molecule has 1 amide bonds. The van der Waals surface area contributed by atoms with Crippen LogP contribution < -0.4 is 4.74 Å². The van der Waals surface area contributed by atoms with Gasteiger partial charge in [0.15, 0.2) is 0 Å². The molecule has 164 valence electrons. The number of halogens is 1. The first-order valence-electron chi connectivity index (χ1n) is 10.5. The molecule has 1 aromatic heterocycles. The van der Waals surface area contributed by atoms with Crippen LogP contribution in [0.3, 0.4) is 0 Å². The first-order chi connectivity index (χ1) is 15.0. The standard InChI is InChI=1S/C24H28BrN3O3/c1-4-16-28(17(2)20-8-5-6-9-21(20)25)23(29)11-7-10-22-26-24(27-31-22)18-12-14-19(30-3)15-13-18/h5-6,8-9,12-15,17H,4,7,10-11,16H2,1-3H3. The van der Waals surface area contributed by atoms with Crippen LogP contribution in [0.1, 0.15) is 50.6 Å². The van der Waals surface area contributed by atoms with Crippen LogP contribution in [-0.4, -0.2) is 34.6 Å². The van der Waals surface area contributed by atoms with E-state index in [1.165, 1.54) is 0 Å². The van der Waals surface area contributed by atoms with E-state index in [1.807, 2.05) is 47.4 Å². The van der Waals surface area contributed by atoms with Crippen molar-refractivity contribution in [2.75, 3.05) is 13.7 Å². The summed E-state index contributed by atoms with van der Waals surface area (Å²) >= 11 is 3.61. The van der Waals surface area contributed by atoms with Crippen molar-refractivity contribution in [2.45, 2.75) is 45.6 Å². The molecule has 1 heterocycles. The van der Waals surface area contributed by atoms with Gasteiger partial charge in [0.25, 0.3) is 0 Å². The Morgan fingerprint density at radius 2 is 1.94 bits per heavy atom. The average molecular weight is 486 g/mol. The molecule has 0 spiro atoms. The Morgan fingerprint density at radius 1 is 1.19 bits per heavy atom. The van der Waals surface area contributed by atoms with E-state index in [2.05, 4.69) is 46.0 Å². The SMILES string of the molecule is CCCN(C(=O)CCCc1nc(-c2ccc(OC)cc2)no1)C(C)c1ccccc1Br. The quantitative estimate of drug-likeness (QED) is 0.361. The number of ether oxygens (including phenoxy) is 1. The number of rotatable bonds is 10. The van der Waals surface area contributed by atoms with Crippen molar-refractivity contribution in [3.05, 3.63) is 64.5 Å². The number of benzene rings is 2. The molecule has 31 heavy (non-hydrogen) atoms. The molecule has 1 unspecified atom stereocenters. The molecule has 0 saturated heterocycles. The van der Waals surface area contributed by atoms with E-state index in [0.29, 0.717) is 31.0 Å². The van der Waals surface area contributed by atoms with Gasteiger partial charge in [0, 0.05) is 29.4 Å². The Hall–Kier alpha value is -2.67. The highest BCUT2D eigenvalue weighted by molar-refractivity contribution is 9.10. The second-order valence-electron chi connectivity index (χ2n) is 7.38.